The maximum absolute atomic E-state index is 14.4. The molecule has 1 unspecified atom stereocenters. The fraction of sp³-hybridized carbons (Fsp3) is 0.450. The molecular formula is C20H24FN3O4. The van der Waals surface area contributed by atoms with Gasteiger partial charge in [0.1, 0.15) is 11.6 Å². The van der Waals surface area contributed by atoms with E-state index in [1.54, 1.807) is 37.1 Å². The summed E-state index contributed by atoms with van der Waals surface area (Å²) < 4.78 is 26.0. The molecule has 1 saturated heterocycles. The maximum atomic E-state index is 14.4. The highest BCUT2D eigenvalue weighted by molar-refractivity contribution is 5.94. The van der Waals surface area contributed by atoms with Crippen molar-refractivity contribution in [2.75, 3.05) is 26.8 Å². The van der Waals surface area contributed by atoms with Crippen LogP contribution in [0.5, 0.6) is 5.75 Å². The SMILES string of the molecule is CCOC(=O)C1CCCN(C(=O)c2cc(-c3ccc(OC)cc3F)n(C)n2)C1. The van der Waals surface area contributed by atoms with Gasteiger partial charge in [0.25, 0.3) is 5.91 Å². The number of carbonyl (C=O) groups is 2. The van der Waals surface area contributed by atoms with Gasteiger partial charge in [-0.2, -0.15) is 5.10 Å². The molecule has 7 nitrogen and oxygen atoms in total. The third-order valence-electron chi connectivity index (χ3n) is 4.88. The van der Waals surface area contributed by atoms with Gasteiger partial charge in [-0.3, -0.25) is 14.3 Å². The first kappa shape index (κ1) is 19.9. The number of rotatable bonds is 5. The van der Waals surface area contributed by atoms with Crippen molar-refractivity contribution in [3.05, 3.63) is 35.8 Å². The zero-order valence-electron chi connectivity index (χ0n) is 16.3. The lowest BCUT2D eigenvalue weighted by Crippen LogP contribution is -2.43. The van der Waals surface area contributed by atoms with E-state index in [0.717, 1.165) is 6.42 Å². The topological polar surface area (TPSA) is 73.7 Å². The molecule has 0 N–H and O–H groups in total. The van der Waals surface area contributed by atoms with Crippen LogP contribution in [-0.2, 0) is 16.6 Å². The molecule has 28 heavy (non-hydrogen) atoms. The summed E-state index contributed by atoms with van der Waals surface area (Å²) >= 11 is 0. The molecule has 0 radical (unpaired) electrons. The fourth-order valence-electron chi connectivity index (χ4n) is 3.43. The zero-order valence-corrected chi connectivity index (χ0v) is 16.3. The molecule has 0 bridgehead atoms. The van der Waals surface area contributed by atoms with E-state index in [1.165, 1.54) is 17.9 Å². The highest BCUT2D eigenvalue weighted by atomic mass is 19.1. The van der Waals surface area contributed by atoms with Crippen molar-refractivity contribution in [2.45, 2.75) is 19.8 Å². The lowest BCUT2D eigenvalue weighted by atomic mass is 9.98. The highest BCUT2D eigenvalue weighted by Crippen LogP contribution is 2.27. The third kappa shape index (κ3) is 4.00. The van der Waals surface area contributed by atoms with Crippen LogP contribution in [0, 0.1) is 11.7 Å². The molecule has 8 heteroatoms. The van der Waals surface area contributed by atoms with Crippen LogP contribution in [-0.4, -0.2) is 53.4 Å². The van der Waals surface area contributed by atoms with Crippen LogP contribution >= 0.6 is 0 Å². The number of likely N-dealkylation sites (tertiary alicyclic amines) is 1. The minimum atomic E-state index is -0.457. The fourth-order valence-corrected chi connectivity index (χ4v) is 3.43. The van der Waals surface area contributed by atoms with Gasteiger partial charge in [-0.25, -0.2) is 4.39 Å². The van der Waals surface area contributed by atoms with Gasteiger partial charge in [-0.15, -0.1) is 0 Å². The molecule has 0 saturated carbocycles. The van der Waals surface area contributed by atoms with Crippen LogP contribution in [0.15, 0.2) is 24.3 Å². The summed E-state index contributed by atoms with van der Waals surface area (Å²) in [6.45, 7) is 2.94. The van der Waals surface area contributed by atoms with E-state index in [4.69, 9.17) is 9.47 Å². The molecule has 3 rings (SSSR count). The number of amides is 1. The predicted octanol–water partition coefficient (Wildman–Crippen LogP) is 2.65. The van der Waals surface area contributed by atoms with Gasteiger partial charge >= 0.3 is 5.97 Å². The number of halogens is 1. The molecule has 1 atom stereocenters. The van der Waals surface area contributed by atoms with Gasteiger partial charge in [0.15, 0.2) is 5.69 Å². The van der Waals surface area contributed by atoms with Gasteiger partial charge in [0, 0.05) is 31.8 Å². The van der Waals surface area contributed by atoms with E-state index < -0.39 is 5.82 Å². The maximum Gasteiger partial charge on any atom is 0.310 e. The number of nitrogens with zero attached hydrogens (tertiary/aromatic N) is 3. The second-order valence-corrected chi connectivity index (χ2v) is 6.73. The number of carbonyl (C=O) groups excluding carboxylic acids is 2. The lowest BCUT2D eigenvalue weighted by Gasteiger charge is -2.31. The molecule has 1 amide bonds. The number of aryl methyl sites for hydroxylation is 1. The van der Waals surface area contributed by atoms with Crippen LogP contribution < -0.4 is 4.74 Å². The molecule has 1 aromatic heterocycles. The second kappa shape index (κ2) is 8.41. The van der Waals surface area contributed by atoms with Crippen molar-refractivity contribution in [2.24, 2.45) is 13.0 Å². The first-order valence-corrected chi connectivity index (χ1v) is 9.28. The van der Waals surface area contributed by atoms with Gasteiger partial charge in [0.05, 0.1) is 25.3 Å². The Bertz CT molecular complexity index is 880. The quantitative estimate of drug-likeness (QED) is 0.735. The van der Waals surface area contributed by atoms with Crippen LogP contribution in [0.2, 0.25) is 0 Å². The molecule has 150 valence electrons. The van der Waals surface area contributed by atoms with Crippen molar-refractivity contribution in [3.63, 3.8) is 0 Å². The smallest absolute Gasteiger partial charge is 0.310 e. The molecule has 0 aliphatic carbocycles. The molecule has 1 fully saturated rings. The van der Waals surface area contributed by atoms with E-state index >= 15 is 0 Å². The van der Waals surface area contributed by atoms with Crippen molar-refractivity contribution in [1.29, 1.82) is 0 Å². The van der Waals surface area contributed by atoms with Crippen molar-refractivity contribution in [1.82, 2.24) is 14.7 Å². The summed E-state index contributed by atoms with van der Waals surface area (Å²) in [5.74, 6) is -0.911. The van der Waals surface area contributed by atoms with Gasteiger partial charge in [-0.1, -0.05) is 0 Å². The number of ether oxygens (including phenoxy) is 2. The zero-order chi connectivity index (χ0) is 20.3. The van der Waals surface area contributed by atoms with Crippen molar-refractivity contribution in [3.8, 4) is 17.0 Å². The summed E-state index contributed by atoms with van der Waals surface area (Å²) in [7, 11) is 3.13. The number of esters is 1. The van der Waals surface area contributed by atoms with Crippen molar-refractivity contribution < 1.29 is 23.5 Å². The van der Waals surface area contributed by atoms with Crippen LogP contribution in [0.4, 0.5) is 4.39 Å². The molecular weight excluding hydrogens is 365 g/mol. The number of aromatic nitrogens is 2. The van der Waals surface area contributed by atoms with E-state index in [1.807, 2.05) is 0 Å². The first-order valence-electron chi connectivity index (χ1n) is 9.28. The van der Waals surface area contributed by atoms with E-state index in [2.05, 4.69) is 5.10 Å². The molecule has 1 aromatic carbocycles. The Labute approximate surface area is 163 Å². The largest absolute Gasteiger partial charge is 0.497 e. The van der Waals surface area contributed by atoms with E-state index in [-0.39, 0.29) is 23.5 Å². The standard InChI is InChI=1S/C20H24FN3O4/c1-4-28-20(26)13-6-5-9-24(12-13)19(25)17-11-18(23(2)22-17)15-8-7-14(27-3)10-16(15)21/h7-8,10-11,13H,4-6,9,12H2,1-3H3. The van der Waals surface area contributed by atoms with Gasteiger partial charge in [0.2, 0.25) is 0 Å². The van der Waals surface area contributed by atoms with E-state index in [9.17, 15) is 14.0 Å². The monoisotopic (exact) mass is 389 g/mol. The summed E-state index contributed by atoms with van der Waals surface area (Å²) in [6, 6.07) is 6.11. The normalized spacial score (nSPS) is 16.7. The minimum absolute atomic E-state index is 0.220. The summed E-state index contributed by atoms with van der Waals surface area (Å²) in [4.78, 5) is 26.5. The Morgan fingerprint density at radius 2 is 2.11 bits per heavy atom. The number of methoxy groups -OCH3 is 1. The Kier molecular flexibility index (Phi) is 5.96. The second-order valence-electron chi connectivity index (χ2n) is 6.73. The number of hydrogen-bond acceptors (Lipinski definition) is 5. The Morgan fingerprint density at radius 3 is 2.79 bits per heavy atom. The number of hydrogen-bond donors (Lipinski definition) is 0. The Balaban J connectivity index is 1.80. The third-order valence-corrected chi connectivity index (χ3v) is 4.88. The number of piperidine rings is 1. The number of benzene rings is 1. The minimum Gasteiger partial charge on any atom is -0.497 e. The lowest BCUT2D eigenvalue weighted by molar-refractivity contribution is -0.149. The average Bonchev–Trinajstić information content (AvgIpc) is 3.09. The molecule has 2 heterocycles. The highest BCUT2D eigenvalue weighted by Gasteiger charge is 2.31. The summed E-state index contributed by atoms with van der Waals surface area (Å²) in [5, 5.41) is 4.26. The molecule has 2 aromatic rings. The van der Waals surface area contributed by atoms with Gasteiger partial charge < -0.3 is 14.4 Å². The summed E-state index contributed by atoms with van der Waals surface area (Å²) in [5.41, 5.74) is 1.04. The van der Waals surface area contributed by atoms with Crippen LogP contribution in [0.1, 0.15) is 30.3 Å². The molecule has 0 spiro atoms. The van der Waals surface area contributed by atoms with Crippen molar-refractivity contribution >= 4 is 11.9 Å². The van der Waals surface area contributed by atoms with E-state index in [0.29, 0.717) is 43.1 Å². The molecule has 1 aliphatic rings. The molecule has 1 aliphatic heterocycles. The Morgan fingerprint density at radius 1 is 1.32 bits per heavy atom. The van der Waals surface area contributed by atoms with Crippen LogP contribution in [0.3, 0.4) is 0 Å². The van der Waals surface area contributed by atoms with Gasteiger partial charge in [-0.05, 0) is 38.0 Å². The Hall–Kier alpha value is -2.90. The predicted molar refractivity (Wildman–Crippen MR) is 100 cm³/mol. The average molecular weight is 389 g/mol. The summed E-state index contributed by atoms with van der Waals surface area (Å²) in [6.07, 6.45) is 1.43. The van der Waals surface area contributed by atoms with Crippen LogP contribution in [0.25, 0.3) is 11.3 Å². The first-order chi connectivity index (χ1) is 13.4.